The average Bonchev–Trinajstić information content (AvgIpc) is 2.81. The van der Waals surface area contributed by atoms with E-state index in [1.54, 1.807) is 6.07 Å². The van der Waals surface area contributed by atoms with Crippen molar-refractivity contribution < 1.29 is 15.0 Å². The third kappa shape index (κ3) is 3.58. The summed E-state index contributed by atoms with van der Waals surface area (Å²) in [4.78, 5) is 11.8. The van der Waals surface area contributed by atoms with Crippen molar-refractivity contribution in [3.8, 4) is 0 Å². The molecule has 126 valence electrons. The van der Waals surface area contributed by atoms with Gasteiger partial charge in [-0.2, -0.15) is 0 Å². The fraction of sp³-hybridized carbons (Fsp3) is 0.526. The molecule has 0 bridgehead atoms. The van der Waals surface area contributed by atoms with E-state index < -0.39 is 5.97 Å². The predicted molar refractivity (Wildman–Crippen MR) is 93.3 cm³/mol. The fourth-order valence-electron chi connectivity index (χ4n) is 2.96. The normalized spacial score (nSPS) is 12.0. The van der Waals surface area contributed by atoms with Crippen molar-refractivity contribution in [3.63, 3.8) is 0 Å². The molecule has 0 amide bonds. The minimum absolute atomic E-state index is 0.00290. The Morgan fingerprint density at radius 2 is 1.96 bits per heavy atom. The number of carboxylic acid groups (broad SMARTS) is 1. The molecule has 4 heteroatoms. The van der Waals surface area contributed by atoms with E-state index in [1.807, 2.05) is 10.8 Å². The predicted octanol–water partition coefficient (Wildman–Crippen LogP) is 3.97. The van der Waals surface area contributed by atoms with Crippen LogP contribution < -0.4 is 0 Å². The number of aliphatic hydroxyl groups excluding tert-OH is 1. The number of hydrogen-bond donors (Lipinski definition) is 2. The first-order chi connectivity index (χ1) is 10.8. The third-order valence-corrected chi connectivity index (χ3v) is 4.29. The van der Waals surface area contributed by atoms with Crippen LogP contribution in [0.4, 0.5) is 0 Å². The Bertz CT molecular complexity index is 707. The molecule has 0 atom stereocenters. The van der Waals surface area contributed by atoms with Crippen LogP contribution in [-0.2, 0) is 18.4 Å². The quantitative estimate of drug-likeness (QED) is 0.847. The lowest BCUT2D eigenvalue weighted by atomic mass is 9.84. The van der Waals surface area contributed by atoms with Gasteiger partial charge in [-0.05, 0) is 41.5 Å². The zero-order valence-electron chi connectivity index (χ0n) is 14.5. The van der Waals surface area contributed by atoms with Gasteiger partial charge in [0.15, 0.2) is 0 Å². The van der Waals surface area contributed by atoms with E-state index >= 15 is 0 Å². The topological polar surface area (TPSA) is 62.5 Å². The molecule has 0 saturated carbocycles. The first kappa shape index (κ1) is 17.5. The van der Waals surface area contributed by atoms with Crippen molar-refractivity contribution in [3.05, 3.63) is 35.0 Å². The summed E-state index contributed by atoms with van der Waals surface area (Å²) in [6.07, 6.45) is 5.10. The second-order valence-electron chi connectivity index (χ2n) is 7.15. The highest BCUT2D eigenvalue weighted by Crippen LogP contribution is 2.32. The largest absolute Gasteiger partial charge is 0.478 e. The number of aromatic nitrogens is 1. The number of hydrogen-bond acceptors (Lipinski definition) is 2. The molecule has 0 radical (unpaired) electrons. The van der Waals surface area contributed by atoms with Crippen molar-refractivity contribution >= 4 is 16.9 Å². The van der Waals surface area contributed by atoms with E-state index in [9.17, 15) is 15.0 Å². The first-order valence-electron chi connectivity index (χ1n) is 8.30. The minimum atomic E-state index is -0.916. The van der Waals surface area contributed by atoms with Crippen LogP contribution in [0.15, 0.2) is 18.3 Å². The number of aromatic carboxylic acids is 1. The zero-order chi connectivity index (χ0) is 17.2. The number of carboxylic acids is 1. The van der Waals surface area contributed by atoms with E-state index in [-0.39, 0.29) is 12.0 Å². The number of nitrogens with zero attached hydrogens (tertiary/aromatic N) is 1. The highest BCUT2D eigenvalue weighted by Gasteiger charge is 2.22. The highest BCUT2D eigenvalue weighted by atomic mass is 16.4. The molecule has 0 unspecified atom stereocenters. The van der Waals surface area contributed by atoms with Crippen molar-refractivity contribution in [2.24, 2.45) is 0 Å². The van der Waals surface area contributed by atoms with Crippen molar-refractivity contribution in [2.45, 2.75) is 58.9 Å². The Labute approximate surface area is 137 Å². The average molecular weight is 317 g/mol. The van der Waals surface area contributed by atoms with Gasteiger partial charge in [-0.1, -0.05) is 34.1 Å². The van der Waals surface area contributed by atoms with Gasteiger partial charge in [0.2, 0.25) is 0 Å². The lowest BCUT2D eigenvalue weighted by Gasteiger charge is -2.20. The van der Waals surface area contributed by atoms with Crippen molar-refractivity contribution in [1.82, 2.24) is 4.57 Å². The van der Waals surface area contributed by atoms with Gasteiger partial charge in [0, 0.05) is 18.1 Å². The molecule has 0 aliphatic rings. The monoisotopic (exact) mass is 317 g/mol. The molecule has 0 fully saturated rings. The van der Waals surface area contributed by atoms with Gasteiger partial charge in [0.05, 0.1) is 17.7 Å². The maximum absolute atomic E-state index is 11.8. The lowest BCUT2D eigenvalue weighted by molar-refractivity contribution is 0.0698. The van der Waals surface area contributed by atoms with Crippen LogP contribution in [0.5, 0.6) is 0 Å². The second-order valence-corrected chi connectivity index (χ2v) is 7.15. The highest BCUT2D eigenvalue weighted by molar-refractivity contribution is 6.04. The molecule has 2 N–H and O–H groups in total. The van der Waals surface area contributed by atoms with Gasteiger partial charge >= 0.3 is 5.97 Å². The molecular weight excluding hydrogens is 290 g/mol. The second kappa shape index (κ2) is 6.75. The van der Waals surface area contributed by atoms with Crippen LogP contribution in [0, 0.1) is 0 Å². The van der Waals surface area contributed by atoms with Gasteiger partial charge in [-0.3, -0.25) is 0 Å². The molecule has 0 saturated heterocycles. The maximum atomic E-state index is 11.8. The van der Waals surface area contributed by atoms with Gasteiger partial charge < -0.3 is 14.8 Å². The van der Waals surface area contributed by atoms with Crippen LogP contribution in [0.2, 0.25) is 0 Å². The lowest BCUT2D eigenvalue weighted by Crippen LogP contribution is -2.13. The van der Waals surface area contributed by atoms with Crippen LogP contribution in [0.25, 0.3) is 10.9 Å². The van der Waals surface area contributed by atoms with Crippen LogP contribution in [0.1, 0.15) is 62.0 Å². The Kier molecular flexibility index (Phi) is 5.15. The van der Waals surface area contributed by atoms with Gasteiger partial charge in [-0.25, -0.2) is 4.79 Å². The number of aryl methyl sites for hydroxylation is 1. The van der Waals surface area contributed by atoms with E-state index in [1.165, 1.54) is 5.56 Å². The van der Waals surface area contributed by atoms with Crippen LogP contribution >= 0.6 is 0 Å². The number of benzene rings is 1. The molecular formula is C19H27NO3. The Balaban J connectivity index is 2.77. The molecule has 0 spiro atoms. The molecule has 1 aromatic heterocycles. The summed E-state index contributed by atoms with van der Waals surface area (Å²) in [5.74, 6) is -0.916. The molecule has 23 heavy (non-hydrogen) atoms. The molecule has 2 rings (SSSR count). The minimum Gasteiger partial charge on any atom is -0.478 e. The summed E-state index contributed by atoms with van der Waals surface area (Å²) in [6, 6.07) is 3.91. The molecule has 1 heterocycles. The van der Waals surface area contributed by atoms with E-state index in [2.05, 4.69) is 33.8 Å². The molecule has 0 aliphatic carbocycles. The molecule has 0 aliphatic heterocycles. The number of aliphatic hydroxyl groups is 1. The van der Waals surface area contributed by atoms with Crippen LogP contribution in [0.3, 0.4) is 0 Å². The number of carbonyl (C=O) groups is 1. The zero-order valence-corrected chi connectivity index (χ0v) is 14.5. The van der Waals surface area contributed by atoms with E-state index in [4.69, 9.17) is 0 Å². The molecule has 4 nitrogen and oxygen atoms in total. The van der Waals surface area contributed by atoms with Gasteiger partial charge in [0.1, 0.15) is 0 Å². The van der Waals surface area contributed by atoms with Crippen molar-refractivity contribution in [2.75, 3.05) is 6.61 Å². The number of rotatable bonds is 6. The van der Waals surface area contributed by atoms with Crippen molar-refractivity contribution in [1.29, 1.82) is 0 Å². The van der Waals surface area contributed by atoms with Gasteiger partial charge in [-0.15, -0.1) is 0 Å². The molecule has 1 aromatic carbocycles. The summed E-state index contributed by atoms with van der Waals surface area (Å²) < 4.78 is 1.89. The fourth-order valence-corrected chi connectivity index (χ4v) is 2.96. The summed E-state index contributed by atoms with van der Waals surface area (Å²) in [6.45, 7) is 8.84. The van der Waals surface area contributed by atoms with Crippen LogP contribution in [-0.4, -0.2) is 27.4 Å². The van der Waals surface area contributed by atoms with E-state index in [0.717, 1.165) is 35.7 Å². The van der Waals surface area contributed by atoms with Gasteiger partial charge in [0.25, 0.3) is 0 Å². The van der Waals surface area contributed by atoms with E-state index in [0.29, 0.717) is 12.1 Å². The standard InChI is InChI=1S/C19H27NO3/c1-5-6-7-13-12-20(8-9-21)17-15(13)10-14(19(2,3)4)11-16(17)18(22)23/h10-12,21H,5-9H2,1-4H3,(H,22,23). The Morgan fingerprint density at radius 1 is 1.26 bits per heavy atom. The molecule has 2 aromatic rings. The number of fused-ring (bicyclic) bond motifs is 1. The maximum Gasteiger partial charge on any atom is 0.337 e. The summed E-state index contributed by atoms with van der Waals surface area (Å²) >= 11 is 0. The smallest absolute Gasteiger partial charge is 0.337 e. The SMILES string of the molecule is CCCCc1cn(CCO)c2c(C(=O)O)cc(C(C)(C)C)cc12. The summed E-state index contributed by atoms with van der Waals surface area (Å²) in [5, 5.41) is 20.0. The summed E-state index contributed by atoms with van der Waals surface area (Å²) in [5.41, 5.74) is 3.14. The first-order valence-corrected chi connectivity index (χ1v) is 8.30. The Hall–Kier alpha value is -1.81. The Morgan fingerprint density at radius 3 is 2.48 bits per heavy atom. The third-order valence-electron chi connectivity index (χ3n) is 4.29. The summed E-state index contributed by atoms with van der Waals surface area (Å²) in [7, 11) is 0. The number of unbranched alkanes of at least 4 members (excludes halogenated alkanes) is 1.